The van der Waals surface area contributed by atoms with Gasteiger partial charge in [0.05, 0.1) is 6.54 Å². The number of ketones is 1. The number of nitrogens with zero attached hydrogens (tertiary/aromatic N) is 2. The molecule has 1 atom stereocenters. The summed E-state index contributed by atoms with van der Waals surface area (Å²) in [5.74, 6) is 0.440. The fourth-order valence-electron chi connectivity index (χ4n) is 2.88. The van der Waals surface area contributed by atoms with E-state index in [-0.39, 0.29) is 23.9 Å². The molecule has 2 saturated heterocycles. The van der Waals surface area contributed by atoms with Crippen molar-refractivity contribution in [3.63, 3.8) is 0 Å². The van der Waals surface area contributed by atoms with E-state index in [2.05, 4.69) is 5.16 Å². The zero-order valence-corrected chi connectivity index (χ0v) is 11.6. The quantitative estimate of drug-likeness (QED) is 0.812. The third kappa shape index (κ3) is 2.14. The van der Waals surface area contributed by atoms with Crippen LogP contribution in [0.5, 0.6) is 0 Å². The molecule has 2 fully saturated rings. The van der Waals surface area contributed by atoms with E-state index in [9.17, 15) is 9.59 Å². The molecule has 1 aromatic rings. The van der Waals surface area contributed by atoms with Crippen molar-refractivity contribution >= 4 is 11.7 Å². The van der Waals surface area contributed by atoms with Crippen molar-refractivity contribution in [1.82, 2.24) is 10.1 Å². The summed E-state index contributed by atoms with van der Waals surface area (Å²) in [6.07, 6.45) is 2.97. The van der Waals surface area contributed by atoms with E-state index in [0.29, 0.717) is 31.8 Å². The molecule has 6 nitrogen and oxygen atoms in total. The Balaban J connectivity index is 1.70. The number of ether oxygens (including phenoxy) is 1. The third-order valence-electron chi connectivity index (χ3n) is 4.15. The number of amides is 1. The fourth-order valence-corrected chi connectivity index (χ4v) is 2.88. The maximum absolute atomic E-state index is 12.3. The lowest BCUT2D eigenvalue weighted by Crippen LogP contribution is -2.53. The summed E-state index contributed by atoms with van der Waals surface area (Å²) < 4.78 is 10.7. The van der Waals surface area contributed by atoms with Crippen LogP contribution in [0.15, 0.2) is 10.6 Å². The van der Waals surface area contributed by atoms with Crippen LogP contribution in [-0.2, 0) is 16.0 Å². The first-order valence-corrected chi connectivity index (χ1v) is 7.07. The first kappa shape index (κ1) is 13.3. The molecule has 108 valence electrons. The van der Waals surface area contributed by atoms with Gasteiger partial charge in [-0.05, 0) is 12.8 Å². The highest BCUT2D eigenvalue weighted by molar-refractivity contribution is 5.98. The highest BCUT2D eigenvalue weighted by atomic mass is 16.5. The van der Waals surface area contributed by atoms with Gasteiger partial charge >= 0.3 is 0 Å². The highest BCUT2D eigenvalue weighted by Crippen LogP contribution is 2.33. The Hall–Kier alpha value is -1.69. The van der Waals surface area contributed by atoms with E-state index < -0.39 is 5.60 Å². The SMILES string of the molecule is CCc1cc(C(=O)N2CCC3(CCCO3)C(=O)C2)no1. The number of piperidine rings is 1. The van der Waals surface area contributed by atoms with Gasteiger partial charge in [-0.25, -0.2) is 0 Å². The molecule has 1 spiro atoms. The van der Waals surface area contributed by atoms with Crippen LogP contribution in [0.4, 0.5) is 0 Å². The van der Waals surface area contributed by atoms with Crippen molar-refractivity contribution in [2.75, 3.05) is 19.7 Å². The molecule has 0 saturated carbocycles. The van der Waals surface area contributed by atoms with Gasteiger partial charge in [-0.3, -0.25) is 9.59 Å². The van der Waals surface area contributed by atoms with Crippen LogP contribution in [0.25, 0.3) is 0 Å². The minimum absolute atomic E-state index is 0.00816. The second-order valence-electron chi connectivity index (χ2n) is 5.38. The second-order valence-corrected chi connectivity index (χ2v) is 5.38. The Morgan fingerprint density at radius 2 is 2.35 bits per heavy atom. The van der Waals surface area contributed by atoms with Crippen molar-refractivity contribution < 1.29 is 18.8 Å². The minimum atomic E-state index is -0.630. The Kier molecular flexibility index (Phi) is 3.33. The summed E-state index contributed by atoms with van der Waals surface area (Å²) in [5.41, 5.74) is -0.354. The number of rotatable bonds is 2. The largest absolute Gasteiger partial charge is 0.367 e. The topological polar surface area (TPSA) is 72.6 Å². The van der Waals surface area contributed by atoms with Crippen LogP contribution in [-0.4, -0.2) is 47.0 Å². The number of aryl methyl sites for hydroxylation is 1. The maximum atomic E-state index is 12.3. The van der Waals surface area contributed by atoms with Crippen molar-refractivity contribution in [1.29, 1.82) is 0 Å². The van der Waals surface area contributed by atoms with Gasteiger partial charge in [0.2, 0.25) is 0 Å². The lowest BCUT2D eigenvalue weighted by molar-refractivity contribution is -0.144. The van der Waals surface area contributed by atoms with Gasteiger partial charge in [-0.15, -0.1) is 0 Å². The Morgan fingerprint density at radius 3 is 2.95 bits per heavy atom. The first-order valence-electron chi connectivity index (χ1n) is 7.07. The predicted octanol–water partition coefficient (Wildman–Crippen LogP) is 1.20. The van der Waals surface area contributed by atoms with Crippen LogP contribution in [0.1, 0.15) is 42.4 Å². The van der Waals surface area contributed by atoms with Crippen LogP contribution < -0.4 is 0 Å². The number of carbonyl (C=O) groups is 2. The first-order chi connectivity index (χ1) is 9.64. The monoisotopic (exact) mass is 278 g/mol. The second kappa shape index (κ2) is 5.01. The van der Waals surface area contributed by atoms with Crippen LogP contribution in [0.3, 0.4) is 0 Å². The molecule has 3 heterocycles. The average Bonchev–Trinajstić information content (AvgIpc) is 3.11. The summed E-state index contributed by atoms with van der Waals surface area (Å²) >= 11 is 0. The van der Waals surface area contributed by atoms with Gasteiger partial charge in [-0.2, -0.15) is 0 Å². The van der Waals surface area contributed by atoms with Crippen molar-refractivity contribution in [3.05, 3.63) is 17.5 Å². The number of aromatic nitrogens is 1. The normalized spacial score (nSPS) is 26.4. The Morgan fingerprint density at radius 1 is 1.50 bits per heavy atom. The number of carbonyl (C=O) groups excluding carboxylic acids is 2. The van der Waals surface area contributed by atoms with Crippen molar-refractivity contribution in [2.24, 2.45) is 0 Å². The molecule has 1 unspecified atom stereocenters. The van der Waals surface area contributed by atoms with Gasteiger partial charge in [0.1, 0.15) is 11.4 Å². The lowest BCUT2D eigenvalue weighted by atomic mass is 9.87. The van der Waals surface area contributed by atoms with Crippen LogP contribution >= 0.6 is 0 Å². The van der Waals surface area contributed by atoms with Gasteiger partial charge in [0, 0.05) is 32.1 Å². The average molecular weight is 278 g/mol. The lowest BCUT2D eigenvalue weighted by Gasteiger charge is -2.36. The third-order valence-corrected chi connectivity index (χ3v) is 4.15. The number of likely N-dealkylation sites (tertiary alicyclic amines) is 1. The molecule has 0 N–H and O–H groups in total. The molecule has 20 heavy (non-hydrogen) atoms. The van der Waals surface area contributed by atoms with Crippen LogP contribution in [0, 0.1) is 0 Å². The van der Waals surface area contributed by atoms with Crippen LogP contribution in [0.2, 0.25) is 0 Å². The van der Waals surface area contributed by atoms with E-state index in [4.69, 9.17) is 9.26 Å². The van der Waals surface area contributed by atoms with Gasteiger partial charge < -0.3 is 14.2 Å². The molecular weight excluding hydrogens is 260 g/mol. The molecule has 0 aliphatic carbocycles. The smallest absolute Gasteiger partial charge is 0.276 e. The minimum Gasteiger partial charge on any atom is -0.367 e. The van der Waals surface area contributed by atoms with Gasteiger partial charge in [0.25, 0.3) is 5.91 Å². The highest BCUT2D eigenvalue weighted by Gasteiger charge is 2.46. The predicted molar refractivity (Wildman–Crippen MR) is 69.3 cm³/mol. The Bertz CT molecular complexity index is 531. The summed E-state index contributed by atoms with van der Waals surface area (Å²) in [4.78, 5) is 26.1. The van der Waals surface area contributed by atoms with E-state index in [1.807, 2.05) is 6.92 Å². The summed E-state index contributed by atoms with van der Waals surface area (Å²) in [5, 5.41) is 3.77. The molecule has 2 aliphatic rings. The standard InChI is InChI=1S/C14H18N2O4/c1-2-10-8-11(15-20-10)13(18)16-6-5-14(12(17)9-16)4-3-7-19-14/h8H,2-7,9H2,1H3. The summed E-state index contributed by atoms with van der Waals surface area (Å²) in [6, 6.07) is 1.64. The fraction of sp³-hybridized carbons (Fsp3) is 0.643. The van der Waals surface area contributed by atoms with Crippen molar-refractivity contribution in [3.8, 4) is 0 Å². The number of hydrogen-bond donors (Lipinski definition) is 0. The summed E-state index contributed by atoms with van der Waals surface area (Å²) in [6.45, 7) is 3.20. The van der Waals surface area contributed by atoms with Gasteiger partial charge in [0.15, 0.2) is 11.5 Å². The molecule has 0 aromatic carbocycles. The maximum Gasteiger partial charge on any atom is 0.276 e. The zero-order chi connectivity index (χ0) is 14.2. The molecule has 6 heteroatoms. The molecule has 1 amide bonds. The zero-order valence-electron chi connectivity index (χ0n) is 11.6. The van der Waals surface area contributed by atoms with E-state index in [1.54, 1.807) is 6.07 Å². The number of Topliss-reactive ketones (excluding diaryl/α,β-unsaturated/α-hetero) is 1. The molecule has 3 rings (SSSR count). The van der Waals surface area contributed by atoms with Gasteiger partial charge in [-0.1, -0.05) is 12.1 Å². The molecule has 2 aliphatic heterocycles. The molecule has 1 aromatic heterocycles. The van der Waals surface area contributed by atoms with E-state index in [1.165, 1.54) is 4.90 Å². The molecule has 0 bridgehead atoms. The van der Waals surface area contributed by atoms with Crippen molar-refractivity contribution in [2.45, 2.75) is 38.2 Å². The molecule has 0 radical (unpaired) electrons. The number of hydrogen-bond acceptors (Lipinski definition) is 5. The van der Waals surface area contributed by atoms with E-state index in [0.717, 1.165) is 12.8 Å². The Labute approximate surface area is 117 Å². The molecular formula is C14H18N2O4. The summed E-state index contributed by atoms with van der Waals surface area (Å²) in [7, 11) is 0. The van der Waals surface area contributed by atoms with E-state index >= 15 is 0 Å².